The molecule has 0 radical (unpaired) electrons. The molecule has 2 rings (SSSR count). The van der Waals surface area contributed by atoms with Gasteiger partial charge in [0, 0.05) is 48.8 Å². The minimum Gasteiger partial charge on any atom is -0.342 e. The standard InChI is InChI=1S/C18H25BrClN3O2/c1-3-22(4-2)17(24)13-21-8-5-9-23(11-10-21)18(25)15-12-14(20)6-7-16(15)19/h6-7,12H,3-5,8-11,13H2,1-2H3. The number of amides is 2. The van der Waals surface area contributed by atoms with E-state index in [-0.39, 0.29) is 11.8 Å². The monoisotopic (exact) mass is 429 g/mol. The van der Waals surface area contributed by atoms with Crippen molar-refractivity contribution in [2.45, 2.75) is 20.3 Å². The molecule has 1 fully saturated rings. The third-order valence-electron chi connectivity index (χ3n) is 4.51. The number of hydrogen-bond donors (Lipinski definition) is 0. The van der Waals surface area contributed by atoms with Crippen LogP contribution in [0.25, 0.3) is 0 Å². The highest BCUT2D eigenvalue weighted by atomic mass is 79.9. The van der Waals surface area contributed by atoms with Gasteiger partial charge >= 0.3 is 0 Å². The molecule has 0 atom stereocenters. The first-order chi connectivity index (χ1) is 12.0. The number of halogens is 2. The van der Waals surface area contributed by atoms with Gasteiger partial charge < -0.3 is 9.80 Å². The van der Waals surface area contributed by atoms with Gasteiger partial charge in [0.2, 0.25) is 5.91 Å². The Labute approximate surface area is 163 Å². The van der Waals surface area contributed by atoms with Gasteiger partial charge in [0.25, 0.3) is 5.91 Å². The second-order valence-electron chi connectivity index (χ2n) is 6.11. The van der Waals surface area contributed by atoms with E-state index in [1.807, 2.05) is 23.6 Å². The highest BCUT2D eigenvalue weighted by molar-refractivity contribution is 9.10. The smallest absolute Gasteiger partial charge is 0.255 e. The second kappa shape index (κ2) is 9.55. The van der Waals surface area contributed by atoms with Crippen LogP contribution in [0.15, 0.2) is 22.7 Å². The van der Waals surface area contributed by atoms with Crippen molar-refractivity contribution >= 4 is 39.3 Å². The van der Waals surface area contributed by atoms with Gasteiger partial charge in [-0.15, -0.1) is 0 Å². The molecule has 1 saturated heterocycles. The molecule has 1 aliphatic rings. The molecular weight excluding hydrogens is 406 g/mol. The van der Waals surface area contributed by atoms with Gasteiger partial charge in [-0.2, -0.15) is 0 Å². The van der Waals surface area contributed by atoms with Crippen molar-refractivity contribution < 1.29 is 9.59 Å². The fourth-order valence-corrected chi connectivity index (χ4v) is 3.62. The molecule has 138 valence electrons. The van der Waals surface area contributed by atoms with Crippen LogP contribution in [0, 0.1) is 0 Å². The molecule has 1 aliphatic heterocycles. The van der Waals surface area contributed by atoms with Crippen LogP contribution in [-0.2, 0) is 4.79 Å². The summed E-state index contributed by atoms with van der Waals surface area (Å²) in [5.41, 5.74) is 0.583. The van der Waals surface area contributed by atoms with Gasteiger partial charge in [0.05, 0.1) is 12.1 Å². The molecule has 0 spiro atoms. The lowest BCUT2D eigenvalue weighted by Gasteiger charge is -2.25. The third kappa shape index (κ3) is 5.43. The second-order valence-corrected chi connectivity index (χ2v) is 7.40. The van der Waals surface area contributed by atoms with E-state index in [9.17, 15) is 9.59 Å². The largest absolute Gasteiger partial charge is 0.342 e. The number of rotatable bonds is 5. The van der Waals surface area contributed by atoms with Crippen molar-refractivity contribution in [3.8, 4) is 0 Å². The summed E-state index contributed by atoms with van der Waals surface area (Å²) in [5.74, 6) is 0.133. The quantitative estimate of drug-likeness (QED) is 0.721. The average molecular weight is 431 g/mol. The minimum atomic E-state index is -0.0219. The Kier molecular flexibility index (Phi) is 7.72. The number of hydrogen-bond acceptors (Lipinski definition) is 3. The summed E-state index contributed by atoms with van der Waals surface area (Å²) in [7, 11) is 0. The number of likely N-dealkylation sites (N-methyl/N-ethyl adjacent to an activating group) is 1. The number of nitrogens with zero attached hydrogens (tertiary/aromatic N) is 3. The Hall–Kier alpha value is -1.11. The summed E-state index contributed by atoms with van der Waals surface area (Å²) in [4.78, 5) is 30.9. The maximum absolute atomic E-state index is 12.8. The van der Waals surface area contributed by atoms with Gasteiger partial charge in [-0.05, 0) is 54.4 Å². The molecule has 1 heterocycles. The van der Waals surface area contributed by atoms with Gasteiger partial charge in [-0.3, -0.25) is 14.5 Å². The molecule has 5 nitrogen and oxygen atoms in total. The van der Waals surface area contributed by atoms with Crippen LogP contribution in [0.4, 0.5) is 0 Å². The maximum Gasteiger partial charge on any atom is 0.255 e. The van der Waals surface area contributed by atoms with Crippen molar-refractivity contribution in [3.63, 3.8) is 0 Å². The van der Waals surface area contributed by atoms with Crippen molar-refractivity contribution in [2.24, 2.45) is 0 Å². The van der Waals surface area contributed by atoms with Crippen LogP contribution >= 0.6 is 27.5 Å². The van der Waals surface area contributed by atoms with Gasteiger partial charge in [0.15, 0.2) is 0 Å². The van der Waals surface area contributed by atoms with E-state index in [1.165, 1.54) is 0 Å². The molecule has 0 bridgehead atoms. The van der Waals surface area contributed by atoms with E-state index in [0.29, 0.717) is 36.8 Å². The number of benzene rings is 1. The van der Waals surface area contributed by atoms with E-state index < -0.39 is 0 Å². The Balaban J connectivity index is 1.98. The summed E-state index contributed by atoms with van der Waals surface area (Å²) in [6.07, 6.45) is 0.857. The molecule has 1 aromatic rings. The summed E-state index contributed by atoms with van der Waals surface area (Å²) >= 11 is 9.45. The van der Waals surface area contributed by atoms with Crippen LogP contribution in [-0.4, -0.2) is 72.3 Å². The van der Waals surface area contributed by atoms with E-state index in [2.05, 4.69) is 20.8 Å². The third-order valence-corrected chi connectivity index (χ3v) is 5.44. The van der Waals surface area contributed by atoms with Crippen molar-refractivity contribution in [3.05, 3.63) is 33.3 Å². The normalized spacial score (nSPS) is 15.8. The van der Waals surface area contributed by atoms with Crippen molar-refractivity contribution in [1.29, 1.82) is 0 Å². The number of carbonyl (C=O) groups excluding carboxylic acids is 2. The molecule has 7 heteroatoms. The first-order valence-electron chi connectivity index (χ1n) is 8.70. The molecular formula is C18H25BrClN3O2. The lowest BCUT2D eigenvalue weighted by molar-refractivity contribution is -0.132. The maximum atomic E-state index is 12.8. The molecule has 1 aromatic carbocycles. The van der Waals surface area contributed by atoms with Crippen LogP contribution in [0.1, 0.15) is 30.6 Å². The summed E-state index contributed by atoms with van der Waals surface area (Å²) < 4.78 is 0.750. The SMILES string of the molecule is CCN(CC)C(=O)CN1CCCN(C(=O)c2cc(Cl)ccc2Br)CC1. The summed E-state index contributed by atoms with van der Waals surface area (Å²) in [5, 5.41) is 0.549. The molecule has 0 aliphatic carbocycles. The lowest BCUT2D eigenvalue weighted by Crippen LogP contribution is -2.42. The van der Waals surface area contributed by atoms with Crippen molar-refractivity contribution in [1.82, 2.24) is 14.7 Å². The van der Waals surface area contributed by atoms with Crippen LogP contribution in [0.2, 0.25) is 5.02 Å². The Morgan fingerprint density at radius 2 is 1.88 bits per heavy atom. The highest BCUT2D eigenvalue weighted by Crippen LogP contribution is 2.23. The van der Waals surface area contributed by atoms with Gasteiger partial charge in [-0.1, -0.05) is 11.6 Å². The Bertz CT molecular complexity index is 622. The zero-order valence-corrected chi connectivity index (χ0v) is 17.1. The van der Waals surface area contributed by atoms with Gasteiger partial charge in [0.1, 0.15) is 0 Å². The summed E-state index contributed by atoms with van der Waals surface area (Å²) in [6, 6.07) is 5.24. The molecule has 0 N–H and O–H groups in total. The molecule has 0 aromatic heterocycles. The first-order valence-corrected chi connectivity index (χ1v) is 9.87. The molecule has 25 heavy (non-hydrogen) atoms. The Morgan fingerprint density at radius 1 is 1.16 bits per heavy atom. The van der Waals surface area contributed by atoms with Crippen LogP contribution < -0.4 is 0 Å². The highest BCUT2D eigenvalue weighted by Gasteiger charge is 2.23. The molecule has 0 unspecified atom stereocenters. The average Bonchev–Trinajstić information content (AvgIpc) is 2.83. The lowest BCUT2D eigenvalue weighted by atomic mass is 10.2. The minimum absolute atomic E-state index is 0.0219. The predicted molar refractivity (Wildman–Crippen MR) is 104 cm³/mol. The van der Waals surface area contributed by atoms with Crippen molar-refractivity contribution in [2.75, 3.05) is 45.8 Å². The van der Waals surface area contributed by atoms with Crippen LogP contribution in [0.5, 0.6) is 0 Å². The fourth-order valence-electron chi connectivity index (χ4n) is 3.03. The fraction of sp³-hybridized carbons (Fsp3) is 0.556. The zero-order chi connectivity index (χ0) is 18.4. The van der Waals surface area contributed by atoms with E-state index in [4.69, 9.17) is 11.6 Å². The predicted octanol–water partition coefficient (Wildman–Crippen LogP) is 3.12. The molecule has 2 amide bonds. The van der Waals surface area contributed by atoms with Crippen LogP contribution in [0.3, 0.4) is 0 Å². The first kappa shape index (κ1) is 20.2. The topological polar surface area (TPSA) is 43.9 Å². The molecule has 0 saturated carbocycles. The van der Waals surface area contributed by atoms with E-state index in [0.717, 1.165) is 30.5 Å². The Morgan fingerprint density at radius 3 is 2.56 bits per heavy atom. The van der Waals surface area contributed by atoms with Gasteiger partial charge in [-0.25, -0.2) is 0 Å². The zero-order valence-electron chi connectivity index (χ0n) is 14.8. The number of carbonyl (C=O) groups is 2. The van der Waals surface area contributed by atoms with E-state index in [1.54, 1.807) is 18.2 Å². The van der Waals surface area contributed by atoms with E-state index >= 15 is 0 Å². The summed E-state index contributed by atoms with van der Waals surface area (Å²) in [6.45, 7) is 8.71.